The molecular weight excluding hydrogens is 266 g/mol. The summed E-state index contributed by atoms with van der Waals surface area (Å²) in [6.07, 6.45) is 0. The topological polar surface area (TPSA) is 30.9 Å². The highest BCUT2D eigenvalue weighted by Crippen LogP contribution is 2.40. The smallest absolute Gasteiger partial charge is 0.231 e. The molecule has 2 heterocycles. The van der Waals surface area contributed by atoms with Crippen LogP contribution in [0.15, 0.2) is 30.3 Å². The van der Waals surface area contributed by atoms with Gasteiger partial charge in [0.05, 0.1) is 0 Å². The lowest BCUT2D eigenvalue weighted by atomic mass is 10.1. The second-order valence-electron chi connectivity index (χ2n) is 5.55. The van der Waals surface area contributed by atoms with Gasteiger partial charge < -0.3 is 19.1 Å². The van der Waals surface area contributed by atoms with E-state index in [1.165, 1.54) is 16.8 Å². The van der Waals surface area contributed by atoms with Crippen LogP contribution < -0.4 is 19.1 Å². The number of hydrogen-bond donors (Lipinski definition) is 0. The second kappa shape index (κ2) is 4.58. The van der Waals surface area contributed by atoms with Crippen LogP contribution in [-0.2, 0) is 6.54 Å². The van der Waals surface area contributed by atoms with Gasteiger partial charge in [-0.1, -0.05) is 6.07 Å². The summed E-state index contributed by atoms with van der Waals surface area (Å²) in [5.41, 5.74) is 4.91. The Bertz CT molecular complexity index is 711. The van der Waals surface area contributed by atoms with Gasteiger partial charge in [-0.15, -0.1) is 0 Å². The minimum absolute atomic E-state index is 0.291. The lowest BCUT2D eigenvalue weighted by Gasteiger charge is -2.31. The molecule has 0 saturated heterocycles. The number of fused-ring (bicyclic) bond motifs is 2. The van der Waals surface area contributed by atoms with E-state index in [2.05, 4.69) is 36.9 Å². The molecule has 0 aromatic heterocycles. The lowest BCUT2D eigenvalue weighted by Crippen LogP contribution is -2.31. The largest absolute Gasteiger partial charge is 0.473 e. The summed E-state index contributed by atoms with van der Waals surface area (Å²) >= 11 is 0. The van der Waals surface area contributed by atoms with Crippen molar-refractivity contribution in [2.45, 2.75) is 20.4 Å². The Hall–Kier alpha value is -2.36. The molecule has 2 aromatic rings. The first-order valence-electron chi connectivity index (χ1n) is 7.08. The Morgan fingerprint density at radius 1 is 0.857 bits per heavy atom. The molecule has 0 bridgehead atoms. The van der Waals surface area contributed by atoms with Gasteiger partial charge in [-0.2, -0.15) is 0 Å². The van der Waals surface area contributed by atoms with Crippen LogP contribution in [-0.4, -0.2) is 13.5 Å². The van der Waals surface area contributed by atoms with Crippen LogP contribution >= 0.6 is 0 Å². The standard InChI is InChI=1S/C17H17NO3/c1-11-3-4-14(5-12(11)2)18-8-13-6-16-17(21-10-20-16)7-15(13)19-9-18/h3-7H,8-10H2,1-2H3. The fourth-order valence-electron chi connectivity index (χ4n) is 2.71. The first-order chi connectivity index (χ1) is 10.2. The summed E-state index contributed by atoms with van der Waals surface area (Å²) in [6.45, 7) is 5.92. The van der Waals surface area contributed by atoms with Crippen molar-refractivity contribution in [1.29, 1.82) is 0 Å². The van der Waals surface area contributed by atoms with Crippen LogP contribution in [0.25, 0.3) is 0 Å². The molecule has 0 spiro atoms. The number of benzene rings is 2. The number of rotatable bonds is 1. The highest BCUT2D eigenvalue weighted by Gasteiger charge is 2.23. The first-order valence-corrected chi connectivity index (χ1v) is 7.08. The van der Waals surface area contributed by atoms with Crippen molar-refractivity contribution in [3.05, 3.63) is 47.0 Å². The zero-order valence-electron chi connectivity index (χ0n) is 12.2. The normalized spacial score (nSPS) is 15.6. The van der Waals surface area contributed by atoms with Crippen LogP contribution in [0.2, 0.25) is 0 Å². The van der Waals surface area contributed by atoms with Gasteiger partial charge in [0.15, 0.2) is 18.2 Å². The maximum atomic E-state index is 5.88. The van der Waals surface area contributed by atoms with E-state index >= 15 is 0 Å². The lowest BCUT2D eigenvalue weighted by molar-refractivity contribution is 0.174. The molecule has 0 aliphatic carbocycles. The van der Waals surface area contributed by atoms with Crippen molar-refractivity contribution in [2.75, 3.05) is 18.4 Å². The minimum Gasteiger partial charge on any atom is -0.473 e. The molecule has 4 nitrogen and oxygen atoms in total. The predicted octanol–water partition coefficient (Wildman–Crippen LogP) is 3.39. The highest BCUT2D eigenvalue weighted by molar-refractivity contribution is 5.57. The van der Waals surface area contributed by atoms with Crippen LogP contribution in [0.4, 0.5) is 5.69 Å². The number of nitrogens with zero attached hydrogens (tertiary/aromatic N) is 1. The van der Waals surface area contributed by atoms with E-state index in [1.54, 1.807) is 0 Å². The molecule has 0 radical (unpaired) electrons. The average Bonchev–Trinajstić information content (AvgIpc) is 2.94. The van der Waals surface area contributed by atoms with Crippen molar-refractivity contribution in [3.8, 4) is 17.2 Å². The monoisotopic (exact) mass is 283 g/mol. The molecule has 2 aliphatic rings. The van der Waals surface area contributed by atoms with Gasteiger partial charge >= 0.3 is 0 Å². The van der Waals surface area contributed by atoms with Gasteiger partial charge in [0, 0.05) is 23.9 Å². The molecule has 0 amide bonds. The second-order valence-corrected chi connectivity index (χ2v) is 5.55. The molecule has 21 heavy (non-hydrogen) atoms. The minimum atomic E-state index is 0.291. The highest BCUT2D eigenvalue weighted by atomic mass is 16.7. The van der Waals surface area contributed by atoms with Crippen molar-refractivity contribution in [3.63, 3.8) is 0 Å². The molecule has 2 aliphatic heterocycles. The Kier molecular flexibility index (Phi) is 2.70. The van der Waals surface area contributed by atoms with E-state index in [0.29, 0.717) is 13.5 Å². The molecule has 0 unspecified atom stereocenters. The summed E-state index contributed by atoms with van der Waals surface area (Å²) in [7, 11) is 0. The quantitative estimate of drug-likeness (QED) is 0.802. The summed E-state index contributed by atoms with van der Waals surface area (Å²) in [4.78, 5) is 2.22. The third-order valence-corrected chi connectivity index (χ3v) is 4.15. The maximum absolute atomic E-state index is 5.88. The number of hydrogen-bond acceptors (Lipinski definition) is 4. The molecule has 0 N–H and O–H groups in total. The number of anilines is 1. The van der Waals surface area contributed by atoms with E-state index < -0.39 is 0 Å². The zero-order valence-corrected chi connectivity index (χ0v) is 12.2. The van der Waals surface area contributed by atoms with Crippen molar-refractivity contribution in [2.24, 2.45) is 0 Å². The van der Waals surface area contributed by atoms with E-state index in [1.807, 2.05) is 12.1 Å². The zero-order chi connectivity index (χ0) is 14.4. The Morgan fingerprint density at radius 2 is 1.67 bits per heavy atom. The fourth-order valence-corrected chi connectivity index (χ4v) is 2.71. The van der Waals surface area contributed by atoms with Gasteiger partial charge in [0.25, 0.3) is 0 Å². The van der Waals surface area contributed by atoms with E-state index in [0.717, 1.165) is 29.4 Å². The van der Waals surface area contributed by atoms with E-state index in [4.69, 9.17) is 14.2 Å². The Morgan fingerprint density at radius 3 is 2.48 bits per heavy atom. The van der Waals surface area contributed by atoms with Gasteiger partial charge in [-0.3, -0.25) is 0 Å². The summed E-state index contributed by atoms with van der Waals surface area (Å²) in [5, 5.41) is 0. The summed E-state index contributed by atoms with van der Waals surface area (Å²) in [5.74, 6) is 2.46. The Balaban J connectivity index is 1.65. The SMILES string of the molecule is Cc1ccc(N2COc3cc4c(cc3C2)OCO4)cc1C. The molecule has 0 atom stereocenters. The molecule has 2 aromatic carbocycles. The van der Waals surface area contributed by atoms with Crippen LogP contribution in [0.1, 0.15) is 16.7 Å². The molecular formula is C17H17NO3. The van der Waals surface area contributed by atoms with E-state index in [9.17, 15) is 0 Å². The molecule has 108 valence electrons. The number of aryl methyl sites for hydroxylation is 2. The van der Waals surface area contributed by atoms with Crippen LogP contribution in [0, 0.1) is 13.8 Å². The predicted molar refractivity (Wildman–Crippen MR) is 80.2 cm³/mol. The van der Waals surface area contributed by atoms with Gasteiger partial charge in [0.2, 0.25) is 6.79 Å². The van der Waals surface area contributed by atoms with Crippen LogP contribution in [0.3, 0.4) is 0 Å². The van der Waals surface area contributed by atoms with Crippen LogP contribution in [0.5, 0.6) is 17.2 Å². The molecule has 4 rings (SSSR count). The third-order valence-electron chi connectivity index (χ3n) is 4.15. The average molecular weight is 283 g/mol. The van der Waals surface area contributed by atoms with Crippen molar-refractivity contribution in [1.82, 2.24) is 0 Å². The Labute approximate surface area is 123 Å². The fraction of sp³-hybridized carbons (Fsp3) is 0.294. The number of ether oxygens (including phenoxy) is 3. The van der Waals surface area contributed by atoms with Gasteiger partial charge in [0.1, 0.15) is 5.75 Å². The maximum Gasteiger partial charge on any atom is 0.231 e. The molecule has 0 fully saturated rings. The van der Waals surface area contributed by atoms with E-state index in [-0.39, 0.29) is 0 Å². The molecule has 4 heteroatoms. The van der Waals surface area contributed by atoms with Gasteiger partial charge in [-0.05, 0) is 43.2 Å². The van der Waals surface area contributed by atoms with Crippen molar-refractivity contribution < 1.29 is 14.2 Å². The summed E-state index contributed by atoms with van der Waals surface area (Å²) < 4.78 is 16.7. The molecule has 0 saturated carbocycles. The first kappa shape index (κ1) is 12.4. The third kappa shape index (κ3) is 2.07. The van der Waals surface area contributed by atoms with Gasteiger partial charge in [-0.25, -0.2) is 0 Å². The summed E-state index contributed by atoms with van der Waals surface area (Å²) in [6, 6.07) is 10.4. The van der Waals surface area contributed by atoms with Crippen molar-refractivity contribution >= 4 is 5.69 Å².